The Hall–Kier alpha value is -0.530. The van der Waals surface area contributed by atoms with Crippen LogP contribution in [-0.2, 0) is 0 Å². The van der Waals surface area contributed by atoms with Crippen molar-refractivity contribution in [3.63, 3.8) is 0 Å². The molecule has 0 aliphatic heterocycles. The maximum Gasteiger partial charge on any atom is 0.0441 e. The van der Waals surface area contributed by atoms with Crippen LogP contribution < -0.4 is 0 Å². The van der Waals surface area contributed by atoms with Crippen LogP contribution in [-0.4, -0.2) is 11.4 Å². The van der Waals surface area contributed by atoms with Crippen LogP contribution >= 0.6 is 0 Å². The van der Waals surface area contributed by atoms with E-state index >= 15 is 0 Å². The van der Waals surface area contributed by atoms with E-state index < -0.39 is 0 Å². The molecule has 1 fully saturated rings. The predicted octanol–water partition coefficient (Wildman–Crippen LogP) is 2.03. The van der Waals surface area contributed by atoms with Gasteiger partial charge in [0.1, 0.15) is 0 Å². The fraction of sp³-hybridized carbons (Fsp3) is 0.857. The summed E-state index contributed by atoms with van der Waals surface area (Å²) in [6.45, 7) is 2.19. The van der Waals surface area contributed by atoms with E-state index in [0.29, 0.717) is 5.41 Å². The van der Waals surface area contributed by atoms with Crippen molar-refractivity contribution in [3.05, 3.63) is 0 Å². The highest BCUT2D eigenvalue weighted by Gasteiger charge is 2.39. The number of oxime groups is 1. The summed E-state index contributed by atoms with van der Waals surface area (Å²) in [5.74, 6) is 0. The summed E-state index contributed by atoms with van der Waals surface area (Å²) in [5.41, 5.74) is 0.534. The largest absolute Gasteiger partial charge is 0.411 e. The number of hydrogen-bond donors (Lipinski definition) is 1. The highest BCUT2D eigenvalue weighted by Crippen LogP contribution is 2.50. The lowest BCUT2D eigenvalue weighted by Gasteiger charge is -2.05. The lowest BCUT2D eigenvalue weighted by Crippen LogP contribution is -1.97. The predicted molar refractivity (Wildman–Crippen MR) is 36.9 cm³/mol. The van der Waals surface area contributed by atoms with Crippen molar-refractivity contribution in [3.8, 4) is 0 Å². The van der Waals surface area contributed by atoms with Crippen molar-refractivity contribution in [1.82, 2.24) is 0 Å². The molecule has 1 N–H and O–H groups in total. The third-order valence-electron chi connectivity index (χ3n) is 2.31. The number of nitrogens with zero attached hydrogens (tertiary/aromatic N) is 1. The SMILES string of the molecule is CCC1(CC=NO)CC1. The van der Waals surface area contributed by atoms with Gasteiger partial charge in [-0.05, 0) is 24.7 Å². The van der Waals surface area contributed by atoms with Gasteiger partial charge < -0.3 is 5.21 Å². The molecule has 1 aliphatic rings. The summed E-state index contributed by atoms with van der Waals surface area (Å²) in [6, 6.07) is 0. The number of hydrogen-bond acceptors (Lipinski definition) is 2. The molecule has 0 aromatic rings. The highest BCUT2D eigenvalue weighted by molar-refractivity contribution is 5.58. The van der Waals surface area contributed by atoms with E-state index in [1.165, 1.54) is 19.3 Å². The van der Waals surface area contributed by atoms with Crippen molar-refractivity contribution in [2.75, 3.05) is 0 Å². The van der Waals surface area contributed by atoms with Crippen LogP contribution in [0.5, 0.6) is 0 Å². The van der Waals surface area contributed by atoms with Gasteiger partial charge in [-0.2, -0.15) is 0 Å². The van der Waals surface area contributed by atoms with Crippen molar-refractivity contribution in [2.45, 2.75) is 32.6 Å². The monoisotopic (exact) mass is 127 g/mol. The minimum absolute atomic E-state index is 0.534. The molecule has 1 rings (SSSR count). The van der Waals surface area contributed by atoms with E-state index in [1.807, 2.05) is 0 Å². The Balaban J connectivity index is 2.25. The first-order valence-electron chi connectivity index (χ1n) is 3.49. The fourth-order valence-corrected chi connectivity index (χ4v) is 1.11. The second-order valence-corrected chi connectivity index (χ2v) is 2.86. The molecule has 2 nitrogen and oxygen atoms in total. The third kappa shape index (κ3) is 1.44. The van der Waals surface area contributed by atoms with Gasteiger partial charge >= 0.3 is 0 Å². The normalized spacial score (nSPS) is 22.8. The summed E-state index contributed by atoms with van der Waals surface area (Å²) >= 11 is 0. The van der Waals surface area contributed by atoms with Crippen LogP contribution in [0.4, 0.5) is 0 Å². The summed E-state index contributed by atoms with van der Waals surface area (Å²) in [7, 11) is 0. The summed E-state index contributed by atoms with van der Waals surface area (Å²) in [6.07, 6.45) is 6.42. The van der Waals surface area contributed by atoms with Crippen molar-refractivity contribution in [1.29, 1.82) is 0 Å². The smallest absolute Gasteiger partial charge is 0.0441 e. The van der Waals surface area contributed by atoms with Crippen LogP contribution in [0.2, 0.25) is 0 Å². The zero-order valence-electron chi connectivity index (χ0n) is 5.80. The molecule has 1 saturated carbocycles. The number of rotatable bonds is 3. The van der Waals surface area contributed by atoms with E-state index in [2.05, 4.69) is 12.1 Å². The second kappa shape index (κ2) is 2.38. The molecular formula is C7H13NO. The van der Waals surface area contributed by atoms with Gasteiger partial charge in [0.25, 0.3) is 0 Å². The molecule has 0 aromatic carbocycles. The quantitative estimate of drug-likeness (QED) is 0.351. The Bertz CT molecular complexity index is 116. The summed E-state index contributed by atoms with van der Waals surface area (Å²) in [5, 5.41) is 11.1. The van der Waals surface area contributed by atoms with Crippen LogP contribution in [0.25, 0.3) is 0 Å². The van der Waals surface area contributed by atoms with Crippen LogP contribution in [0, 0.1) is 5.41 Å². The lowest BCUT2D eigenvalue weighted by atomic mass is 10.0. The van der Waals surface area contributed by atoms with Gasteiger partial charge in [-0.25, -0.2) is 0 Å². The first kappa shape index (κ1) is 6.59. The molecule has 1 aliphatic carbocycles. The zero-order valence-corrected chi connectivity index (χ0v) is 5.80. The average Bonchev–Trinajstić information content (AvgIpc) is 2.65. The maximum atomic E-state index is 8.12. The minimum Gasteiger partial charge on any atom is -0.411 e. The molecule has 52 valence electrons. The third-order valence-corrected chi connectivity index (χ3v) is 2.31. The maximum absolute atomic E-state index is 8.12. The van der Waals surface area contributed by atoms with Gasteiger partial charge in [-0.15, -0.1) is 5.16 Å². The van der Waals surface area contributed by atoms with E-state index in [4.69, 9.17) is 5.21 Å². The van der Waals surface area contributed by atoms with Gasteiger partial charge in [-0.3, -0.25) is 0 Å². The highest BCUT2D eigenvalue weighted by atomic mass is 16.4. The van der Waals surface area contributed by atoms with Crippen LogP contribution in [0.3, 0.4) is 0 Å². The molecule has 0 spiro atoms. The molecule has 0 unspecified atom stereocenters. The van der Waals surface area contributed by atoms with Gasteiger partial charge in [0.05, 0.1) is 0 Å². The lowest BCUT2D eigenvalue weighted by molar-refractivity contribution is 0.318. The minimum atomic E-state index is 0.534. The first-order chi connectivity index (χ1) is 4.33. The summed E-state index contributed by atoms with van der Waals surface area (Å²) < 4.78 is 0. The zero-order chi connectivity index (χ0) is 6.74. The van der Waals surface area contributed by atoms with Gasteiger partial charge in [0.2, 0.25) is 0 Å². The Labute approximate surface area is 55.6 Å². The molecule has 2 heteroatoms. The van der Waals surface area contributed by atoms with Crippen molar-refractivity contribution in [2.24, 2.45) is 10.6 Å². The van der Waals surface area contributed by atoms with Crippen LogP contribution in [0.15, 0.2) is 5.16 Å². The Morgan fingerprint density at radius 2 is 2.33 bits per heavy atom. The second-order valence-electron chi connectivity index (χ2n) is 2.86. The Kier molecular flexibility index (Phi) is 1.74. The molecule has 0 amide bonds. The summed E-state index contributed by atoms with van der Waals surface area (Å²) in [4.78, 5) is 0. The van der Waals surface area contributed by atoms with Crippen LogP contribution in [0.1, 0.15) is 32.6 Å². The Morgan fingerprint density at radius 1 is 1.67 bits per heavy atom. The standard InChI is InChI=1S/C7H13NO/c1-2-7(3-4-7)5-6-8-9/h6,9H,2-5H2,1H3. The average molecular weight is 127 g/mol. The van der Waals surface area contributed by atoms with Gasteiger partial charge in [0.15, 0.2) is 0 Å². The van der Waals surface area contributed by atoms with E-state index in [1.54, 1.807) is 6.21 Å². The van der Waals surface area contributed by atoms with E-state index in [0.717, 1.165) is 6.42 Å². The molecule has 0 atom stereocenters. The molecule has 0 bridgehead atoms. The van der Waals surface area contributed by atoms with Gasteiger partial charge in [-0.1, -0.05) is 13.3 Å². The molecule has 0 saturated heterocycles. The molecule has 9 heavy (non-hydrogen) atoms. The molecular weight excluding hydrogens is 114 g/mol. The van der Waals surface area contributed by atoms with E-state index in [9.17, 15) is 0 Å². The van der Waals surface area contributed by atoms with E-state index in [-0.39, 0.29) is 0 Å². The topological polar surface area (TPSA) is 32.6 Å². The molecule has 0 aromatic heterocycles. The Morgan fingerprint density at radius 3 is 2.67 bits per heavy atom. The van der Waals surface area contributed by atoms with Gasteiger partial charge in [0, 0.05) is 6.21 Å². The fourth-order valence-electron chi connectivity index (χ4n) is 1.11. The molecule has 0 heterocycles. The first-order valence-corrected chi connectivity index (χ1v) is 3.49. The van der Waals surface area contributed by atoms with Crippen molar-refractivity contribution >= 4 is 6.21 Å². The van der Waals surface area contributed by atoms with Crippen molar-refractivity contribution < 1.29 is 5.21 Å². The molecule has 0 radical (unpaired) electrons.